The molecule has 0 saturated heterocycles. The van der Waals surface area contributed by atoms with E-state index < -0.39 is 0 Å². The Balaban J connectivity index is 1.83. The largest absolute Gasteiger partial charge is 0.493 e. The molecule has 0 aliphatic carbocycles. The van der Waals surface area contributed by atoms with Crippen LogP contribution in [0.5, 0.6) is 5.75 Å². The van der Waals surface area contributed by atoms with Crippen molar-refractivity contribution in [1.82, 2.24) is 10.6 Å². The van der Waals surface area contributed by atoms with Crippen LogP contribution in [-0.4, -0.2) is 18.3 Å². The van der Waals surface area contributed by atoms with Gasteiger partial charge in [0.05, 0.1) is 12.6 Å². The first-order valence-corrected chi connectivity index (χ1v) is 12.9. The molecule has 182 valence electrons. The van der Waals surface area contributed by atoms with E-state index in [1.807, 2.05) is 6.07 Å². The van der Waals surface area contributed by atoms with Gasteiger partial charge in [-0.2, -0.15) is 0 Å². The molecule has 0 aromatic heterocycles. The van der Waals surface area contributed by atoms with Crippen molar-refractivity contribution in [1.29, 1.82) is 0 Å². The van der Waals surface area contributed by atoms with Gasteiger partial charge in [-0.3, -0.25) is 0 Å². The van der Waals surface area contributed by atoms with Crippen molar-refractivity contribution in [3.63, 3.8) is 0 Å². The molecule has 2 N–H and O–H groups in total. The van der Waals surface area contributed by atoms with Crippen LogP contribution >= 0.6 is 12.2 Å². The van der Waals surface area contributed by atoms with Crippen LogP contribution in [0.25, 0.3) is 0 Å². The zero-order valence-electron chi connectivity index (χ0n) is 21.8. The first-order chi connectivity index (χ1) is 15.6. The van der Waals surface area contributed by atoms with Crippen molar-refractivity contribution in [3.05, 3.63) is 65.2 Å². The Morgan fingerprint density at radius 2 is 1.61 bits per heavy atom. The van der Waals surface area contributed by atoms with Crippen molar-refractivity contribution >= 4 is 17.3 Å². The van der Waals surface area contributed by atoms with Crippen LogP contribution in [0, 0.1) is 0 Å². The van der Waals surface area contributed by atoms with Crippen molar-refractivity contribution in [2.75, 3.05) is 13.2 Å². The summed E-state index contributed by atoms with van der Waals surface area (Å²) in [5, 5.41) is 7.38. The minimum Gasteiger partial charge on any atom is -0.493 e. The predicted molar refractivity (Wildman–Crippen MR) is 146 cm³/mol. The first-order valence-electron chi connectivity index (χ1n) is 12.5. The molecule has 0 saturated carbocycles. The lowest BCUT2D eigenvalue weighted by Gasteiger charge is -2.30. The molecule has 1 unspecified atom stereocenters. The Labute approximate surface area is 207 Å². The zero-order valence-corrected chi connectivity index (χ0v) is 22.6. The summed E-state index contributed by atoms with van der Waals surface area (Å²) in [6.45, 7) is 17.4. The van der Waals surface area contributed by atoms with Crippen LogP contribution in [0.2, 0.25) is 0 Å². The van der Waals surface area contributed by atoms with Gasteiger partial charge in [0.2, 0.25) is 0 Å². The van der Waals surface area contributed by atoms with Crippen LogP contribution in [0.4, 0.5) is 0 Å². The molecule has 0 aliphatic rings. The third kappa shape index (κ3) is 8.03. The highest BCUT2D eigenvalue weighted by Gasteiger charge is 2.26. The number of hydrogen-bond acceptors (Lipinski definition) is 2. The number of hydrogen-bond donors (Lipinski definition) is 2. The molecule has 0 radical (unpaired) electrons. The molecule has 0 bridgehead atoms. The highest BCUT2D eigenvalue weighted by molar-refractivity contribution is 7.80. The Bertz CT molecular complexity index is 876. The molecule has 2 aromatic rings. The van der Waals surface area contributed by atoms with E-state index in [1.54, 1.807) is 0 Å². The fourth-order valence-corrected chi connectivity index (χ4v) is 3.96. The fraction of sp³-hybridized carbons (Fsp3) is 0.552. The topological polar surface area (TPSA) is 33.3 Å². The van der Waals surface area contributed by atoms with Gasteiger partial charge in [0.15, 0.2) is 5.11 Å². The van der Waals surface area contributed by atoms with Crippen LogP contribution in [0.3, 0.4) is 0 Å². The SMILES string of the molecule is CCC(C)(C)c1ccc(OCCCCNC(=S)NC(C)c2ccccc2)c(C(C)(C)CC)c1. The number of thiocarbonyl (C=S) groups is 1. The molecule has 4 heteroatoms. The molecule has 33 heavy (non-hydrogen) atoms. The van der Waals surface area contributed by atoms with E-state index in [4.69, 9.17) is 17.0 Å². The second-order valence-corrected chi connectivity index (χ2v) is 10.7. The van der Waals surface area contributed by atoms with Crippen molar-refractivity contribution in [2.45, 2.75) is 91.0 Å². The van der Waals surface area contributed by atoms with Crippen LogP contribution < -0.4 is 15.4 Å². The molecular weight excluding hydrogens is 424 g/mol. The summed E-state index contributed by atoms with van der Waals surface area (Å²) >= 11 is 5.45. The maximum Gasteiger partial charge on any atom is 0.166 e. The minimum absolute atomic E-state index is 0.0873. The molecule has 0 aliphatic heterocycles. The zero-order chi connectivity index (χ0) is 24.5. The number of ether oxygens (including phenoxy) is 1. The average Bonchev–Trinajstić information content (AvgIpc) is 2.81. The quantitative estimate of drug-likeness (QED) is 0.250. The Hall–Kier alpha value is -2.07. The molecule has 3 nitrogen and oxygen atoms in total. The normalized spacial score (nSPS) is 12.8. The fourth-order valence-electron chi connectivity index (χ4n) is 3.68. The average molecular weight is 469 g/mol. The van der Waals surface area contributed by atoms with Crippen molar-refractivity contribution in [2.24, 2.45) is 0 Å². The van der Waals surface area contributed by atoms with Crippen molar-refractivity contribution < 1.29 is 4.74 Å². The second-order valence-electron chi connectivity index (χ2n) is 10.3. The lowest BCUT2D eigenvalue weighted by atomic mass is 9.76. The maximum absolute atomic E-state index is 6.28. The van der Waals surface area contributed by atoms with Gasteiger partial charge < -0.3 is 15.4 Å². The van der Waals surface area contributed by atoms with Crippen LogP contribution in [-0.2, 0) is 10.8 Å². The number of nitrogens with one attached hydrogen (secondary N) is 2. The lowest BCUT2D eigenvalue weighted by Crippen LogP contribution is -2.37. The molecule has 0 spiro atoms. The second kappa shape index (κ2) is 12.4. The molecule has 0 amide bonds. The number of rotatable bonds is 12. The summed E-state index contributed by atoms with van der Waals surface area (Å²) in [6, 6.07) is 17.3. The van der Waals surface area contributed by atoms with E-state index in [9.17, 15) is 0 Å². The highest BCUT2D eigenvalue weighted by Crippen LogP contribution is 2.38. The molecule has 0 heterocycles. The smallest absolute Gasteiger partial charge is 0.166 e. The molecule has 2 aromatic carbocycles. The Morgan fingerprint density at radius 1 is 0.939 bits per heavy atom. The molecule has 0 fully saturated rings. The Morgan fingerprint density at radius 3 is 2.24 bits per heavy atom. The summed E-state index contributed by atoms with van der Waals surface area (Å²) in [4.78, 5) is 0. The third-order valence-corrected chi connectivity index (χ3v) is 7.28. The van der Waals surface area contributed by atoms with Gasteiger partial charge in [0, 0.05) is 12.1 Å². The number of unbranched alkanes of at least 4 members (excludes halogenated alkanes) is 1. The molecule has 1 atom stereocenters. The molecular formula is C29H44N2OS. The van der Waals surface area contributed by atoms with E-state index in [0.29, 0.717) is 11.7 Å². The van der Waals surface area contributed by atoms with Gasteiger partial charge >= 0.3 is 0 Å². The summed E-state index contributed by atoms with van der Waals surface area (Å²) < 4.78 is 6.28. The predicted octanol–water partition coefficient (Wildman–Crippen LogP) is 7.45. The van der Waals surface area contributed by atoms with E-state index in [2.05, 4.69) is 102 Å². The van der Waals surface area contributed by atoms with Gasteiger partial charge in [0.1, 0.15) is 5.75 Å². The van der Waals surface area contributed by atoms with E-state index >= 15 is 0 Å². The summed E-state index contributed by atoms with van der Waals surface area (Å²) in [6.07, 6.45) is 4.19. The van der Waals surface area contributed by atoms with Gasteiger partial charge in [0.25, 0.3) is 0 Å². The highest BCUT2D eigenvalue weighted by atomic mass is 32.1. The van der Waals surface area contributed by atoms with Gasteiger partial charge in [-0.15, -0.1) is 0 Å². The van der Waals surface area contributed by atoms with Gasteiger partial charge in [-0.25, -0.2) is 0 Å². The van der Waals surface area contributed by atoms with E-state index in [-0.39, 0.29) is 16.9 Å². The first kappa shape index (κ1) is 27.2. The van der Waals surface area contributed by atoms with Crippen LogP contribution in [0.15, 0.2) is 48.5 Å². The third-order valence-electron chi connectivity index (χ3n) is 7.02. The monoisotopic (exact) mass is 468 g/mol. The van der Waals surface area contributed by atoms with E-state index in [0.717, 1.165) is 38.0 Å². The summed E-state index contributed by atoms with van der Waals surface area (Å²) in [5.41, 5.74) is 4.21. The van der Waals surface area contributed by atoms with Crippen LogP contribution in [0.1, 0.15) is 96.9 Å². The number of benzene rings is 2. The maximum atomic E-state index is 6.28. The Kier molecular flexibility index (Phi) is 10.2. The minimum atomic E-state index is 0.0873. The summed E-state index contributed by atoms with van der Waals surface area (Å²) in [7, 11) is 0. The van der Waals surface area contributed by atoms with Gasteiger partial charge in [-0.05, 0) is 72.8 Å². The lowest BCUT2D eigenvalue weighted by molar-refractivity contribution is 0.296. The van der Waals surface area contributed by atoms with Gasteiger partial charge in [-0.1, -0.05) is 84.0 Å². The van der Waals surface area contributed by atoms with E-state index in [1.165, 1.54) is 16.7 Å². The molecule has 2 rings (SSSR count). The standard InChI is InChI=1S/C29H44N2OS/c1-8-28(4,5)24-17-18-26(25(21-24)29(6,7)9-2)32-20-14-13-19-30-27(33)31-22(3)23-15-11-10-12-16-23/h10-12,15-18,21-22H,8-9,13-14,19-20H2,1-7H3,(H2,30,31,33). The van der Waals surface area contributed by atoms with Crippen molar-refractivity contribution in [3.8, 4) is 5.75 Å². The summed E-state index contributed by atoms with van der Waals surface area (Å²) in [5.74, 6) is 1.03.